The van der Waals surface area contributed by atoms with Gasteiger partial charge in [-0.15, -0.1) is 0 Å². The largest absolute Gasteiger partial charge is 0.497 e. The van der Waals surface area contributed by atoms with Crippen LogP contribution in [0.4, 0.5) is 0 Å². The number of carbonyl (C=O) groups is 1. The van der Waals surface area contributed by atoms with Crippen molar-refractivity contribution in [2.75, 3.05) is 34.4 Å². The monoisotopic (exact) mass is 475 g/mol. The van der Waals surface area contributed by atoms with E-state index in [-0.39, 0.29) is 17.9 Å². The second-order valence-electron chi connectivity index (χ2n) is 8.74. The molecule has 4 rings (SSSR count). The van der Waals surface area contributed by atoms with Crippen LogP contribution in [0, 0.1) is 5.92 Å². The summed E-state index contributed by atoms with van der Waals surface area (Å²) in [5.74, 6) is 2.34. The van der Waals surface area contributed by atoms with Crippen molar-refractivity contribution < 1.29 is 19.0 Å². The first-order valence-corrected chi connectivity index (χ1v) is 11.9. The minimum Gasteiger partial charge on any atom is -0.497 e. The van der Waals surface area contributed by atoms with Crippen LogP contribution in [0.25, 0.3) is 0 Å². The van der Waals surface area contributed by atoms with Crippen molar-refractivity contribution in [2.24, 2.45) is 5.92 Å². The fraction of sp³-hybridized carbons (Fsp3) is 0.357. The normalized spacial score (nSPS) is 15.3. The van der Waals surface area contributed by atoms with Crippen LogP contribution in [0.15, 0.2) is 66.9 Å². The standard InChI is InChI=1S/C28H33N3O4/c1-33-23-8-6-7-22(17-23)27(26-9-4-5-12-29-26)30-28(32)21-10-13-31(14-11-21)19-20-15-24(34-2)18-25(16-20)35-3/h4-9,12,15-18,21,27H,10-11,13-14,19H2,1-3H3,(H,30,32). The van der Waals surface area contributed by atoms with Crippen LogP contribution < -0.4 is 19.5 Å². The van der Waals surface area contributed by atoms with E-state index in [0.717, 1.165) is 66.5 Å². The van der Waals surface area contributed by atoms with Crippen molar-refractivity contribution in [3.05, 3.63) is 83.7 Å². The maximum absolute atomic E-state index is 13.3. The highest BCUT2D eigenvalue weighted by molar-refractivity contribution is 5.79. The third kappa shape index (κ3) is 6.31. The van der Waals surface area contributed by atoms with E-state index < -0.39 is 0 Å². The maximum Gasteiger partial charge on any atom is 0.224 e. The number of methoxy groups -OCH3 is 3. The van der Waals surface area contributed by atoms with E-state index in [9.17, 15) is 4.79 Å². The van der Waals surface area contributed by atoms with Crippen LogP contribution in [-0.2, 0) is 11.3 Å². The van der Waals surface area contributed by atoms with E-state index in [1.807, 2.05) is 60.7 Å². The van der Waals surface area contributed by atoms with E-state index in [4.69, 9.17) is 14.2 Å². The zero-order valence-electron chi connectivity index (χ0n) is 20.6. The molecule has 7 nitrogen and oxygen atoms in total. The summed E-state index contributed by atoms with van der Waals surface area (Å²) < 4.78 is 16.2. The van der Waals surface area contributed by atoms with Crippen LogP contribution in [0.5, 0.6) is 17.2 Å². The number of likely N-dealkylation sites (tertiary alicyclic amines) is 1. The minimum atomic E-state index is -0.332. The Hall–Kier alpha value is -3.58. The van der Waals surface area contributed by atoms with E-state index in [1.54, 1.807) is 27.5 Å². The Morgan fingerprint density at radius 3 is 2.29 bits per heavy atom. The van der Waals surface area contributed by atoms with Crippen molar-refractivity contribution in [1.82, 2.24) is 15.2 Å². The van der Waals surface area contributed by atoms with Crippen LogP contribution in [0.3, 0.4) is 0 Å². The smallest absolute Gasteiger partial charge is 0.224 e. The summed E-state index contributed by atoms with van der Waals surface area (Å²) >= 11 is 0. The average Bonchev–Trinajstić information content (AvgIpc) is 2.92. The second kappa shape index (κ2) is 11.7. The fourth-order valence-electron chi connectivity index (χ4n) is 4.53. The first-order valence-electron chi connectivity index (χ1n) is 11.9. The number of aromatic nitrogens is 1. The van der Waals surface area contributed by atoms with Gasteiger partial charge in [-0.05, 0) is 73.5 Å². The Kier molecular flexibility index (Phi) is 8.21. The lowest BCUT2D eigenvalue weighted by Gasteiger charge is -2.32. The molecule has 0 saturated carbocycles. The van der Waals surface area contributed by atoms with Gasteiger partial charge in [0.05, 0.1) is 33.1 Å². The van der Waals surface area contributed by atoms with Crippen LogP contribution in [0.1, 0.15) is 35.7 Å². The molecule has 1 unspecified atom stereocenters. The Bertz CT molecular complexity index is 1090. The molecule has 1 fully saturated rings. The molecule has 35 heavy (non-hydrogen) atoms. The number of hydrogen-bond donors (Lipinski definition) is 1. The highest BCUT2D eigenvalue weighted by Crippen LogP contribution is 2.28. The Labute approximate surface area is 207 Å². The van der Waals surface area contributed by atoms with Crippen molar-refractivity contribution in [3.8, 4) is 17.2 Å². The molecule has 1 aromatic heterocycles. The Morgan fingerprint density at radius 2 is 1.66 bits per heavy atom. The number of pyridine rings is 1. The SMILES string of the molecule is COc1cc(CN2CCC(C(=O)NC(c3cccc(OC)c3)c3ccccn3)CC2)cc(OC)c1. The van der Waals surface area contributed by atoms with E-state index in [2.05, 4.69) is 15.2 Å². The lowest BCUT2D eigenvalue weighted by Crippen LogP contribution is -2.41. The quantitative estimate of drug-likeness (QED) is 0.500. The molecule has 1 N–H and O–H groups in total. The third-order valence-corrected chi connectivity index (χ3v) is 6.47. The number of rotatable bonds is 9. The molecule has 0 spiro atoms. The second-order valence-corrected chi connectivity index (χ2v) is 8.74. The van der Waals surface area contributed by atoms with Gasteiger partial charge in [-0.2, -0.15) is 0 Å². The summed E-state index contributed by atoms with van der Waals surface area (Å²) in [6, 6.07) is 19.1. The number of hydrogen-bond acceptors (Lipinski definition) is 6. The number of nitrogens with zero attached hydrogens (tertiary/aromatic N) is 2. The number of amides is 1. The van der Waals surface area contributed by atoms with Gasteiger partial charge in [0.2, 0.25) is 5.91 Å². The van der Waals surface area contributed by atoms with Crippen LogP contribution in [-0.4, -0.2) is 50.2 Å². The molecule has 1 aliphatic rings. The summed E-state index contributed by atoms with van der Waals surface area (Å²) in [7, 11) is 4.96. The van der Waals surface area contributed by atoms with Crippen molar-refractivity contribution in [3.63, 3.8) is 0 Å². The van der Waals surface area contributed by atoms with E-state index >= 15 is 0 Å². The number of ether oxygens (including phenoxy) is 3. The lowest BCUT2D eigenvalue weighted by atomic mass is 9.94. The Morgan fingerprint density at radius 1 is 0.943 bits per heavy atom. The topological polar surface area (TPSA) is 72.9 Å². The number of carbonyl (C=O) groups excluding carboxylic acids is 1. The minimum absolute atomic E-state index is 0.0390. The van der Waals surface area contributed by atoms with Gasteiger partial charge < -0.3 is 19.5 Å². The van der Waals surface area contributed by atoms with Gasteiger partial charge in [-0.25, -0.2) is 0 Å². The molecule has 0 radical (unpaired) electrons. The molecule has 3 aromatic rings. The molecule has 2 heterocycles. The molecular formula is C28H33N3O4. The zero-order valence-corrected chi connectivity index (χ0v) is 20.6. The number of piperidine rings is 1. The van der Waals surface area contributed by atoms with Crippen LogP contribution in [0.2, 0.25) is 0 Å². The predicted molar refractivity (Wildman–Crippen MR) is 135 cm³/mol. The summed E-state index contributed by atoms with van der Waals surface area (Å²) in [5, 5.41) is 3.26. The van der Waals surface area contributed by atoms with Gasteiger partial charge >= 0.3 is 0 Å². The molecule has 1 amide bonds. The first-order chi connectivity index (χ1) is 17.1. The van der Waals surface area contributed by atoms with Crippen molar-refractivity contribution in [1.29, 1.82) is 0 Å². The third-order valence-electron chi connectivity index (χ3n) is 6.47. The van der Waals surface area contributed by atoms with Crippen molar-refractivity contribution >= 4 is 5.91 Å². The number of benzene rings is 2. The predicted octanol–water partition coefficient (Wildman–Crippen LogP) is 4.23. The zero-order chi connectivity index (χ0) is 24.6. The van der Waals surface area contributed by atoms with E-state index in [0.29, 0.717) is 0 Å². The Balaban J connectivity index is 1.40. The van der Waals surface area contributed by atoms with Gasteiger partial charge in [0, 0.05) is 24.7 Å². The molecule has 7 heteroatoms. The molecule has 184 valence electrons. The molecule has 1 saturated heterocycles. The van der Waals surface area contributed by atoms with Gasteiger partial charge in [0.1, 0.15) is 17.2 Å². The average molecular weight is 476 g/mol. The summed E-state index contributed by atoms with van der Waals surface area (Å²) in [6.07, 6.45) is 3.36. The molecule has 1 aliphatic heterocycles. The molecule has 2 aromatic carbocycles. The van der Waals surface area contributed by atoms with Crippen LogP contribution >= 0.6 is 0 Å². The molecule has 1 atom stereocenters. The molecule has 0 bridgehead atoms. The summed E-state index contributed by atoms with van der Waals surface area (Å²) in [4.78, 5) is 20.2. The maximum atomic E-state index is 13.3. The molecular weight excluding hydrogens is 442 g/mol. The van der Waals surface area contributed by atoms with Gasteiger partial charge in [-0.1, -0.05) is 18.2 Å². The molecule has 0 aliphatic carbocycles. The van der Waals surface area contributed by atoms with Gasteiger partial charge in [-0.3, -0.25) is 14.7 Å². The lowest BCUT2D eigenvalue weighted by molar-refractivity contribution is -0.127. The summed E-state index contributed by atoms with van der Waals surface area (Å²) in [6.45, 7) is 2.50. The summed E-state index contributed by atoms with van der Waals surface area (Å²) in [5.41, 5.74) is 2.89. The highest BCUT2D eigenvalue weighted by Gasteiger charge is 2.28. The van der Waals surface area contributed by atoms with Gasteiger partial charge in [0.15, 0.2) is 0 Å². The van der Waals surface area contributed by atoms with Gasteiger partial charge in [0.25, 0.3) is 0 Å². The fourth-order valence-corrected chi connectivity index (χ4v) is 4.53. The highest BCUT2D eigenvalue weighted by atomic mass is 16.5. The van der Waals surface area contributed by atoms with Crippen molar-refractivity contribution in [2.45, 2.75) is 25.4 Å². The number of nitrogens with one attached hydrogen (secondary N) is 1. The first kappa shape index (κ1) is 24.5. The van der Waals surface area contributed by atoms with E-state index in [1.165, 1.54) is 0 Å².